The third-order valence-corrected chi connectivity index (χ3v) is 10.3. The highest BCUT2D eigenvalue weighted by Gasteiger charge is 2.77. The minimum atomic E-state index is -0.616. The van der Waals surface area contributed by atoms with Crippen LogP contribution in [0.5, 0.6) is 0 Å². The molecule has 0 aromatic rings. The number of unbranched alkanes of at least 4 members (excludes halogenated alkanes) is 5. The van der Waals surface area contributed by atoms with Gasteiger partial charge in [0.25, 0.3) is 0 Å². The quantitative estimate of drug-likeness (QED) is 0.180. The molecule has 2 amide bonds. The molecule has 0 aromatic heterocycles. The molecule has 3 saturated heterocycles. The summed E-state index contributed by atoms with van der Waals surface area (Å²) in [7, 11) is 0. The molecular formula is C29H46N2O5S. The molecule has 1 spiro atoms. The van der Waals surface area contributed by atoms with Gasteiger partial charge in [0.15, 0.2) is 0 Å². The Balaban J connectivity index is 1.89. The van der Waals surface area contributed by atoms with E-state index in [4.69, 9.17) is 9.84 Å². The van der Waals surface area contributed by atoms with Crippen LogP contribution in [-0.4, -0.2) is 80.6 Å². The first kappa shape index (κ1) is 29.8. The van der Waals surface area contributed by atoms with Crippen LogP contribution in [0.3, 0.4) is 0 Å². The van der Waals surface area contributed by atoms with Gasteiger partial charge in [0.2, 0.25) is 11.8 Å². The fraction of sp³-hybridized carbons (Fsp3) is 0.759. The van der Waals surface area contributed by atoms with E-state index >= 15 is 0 Å². The number of carbonyl (C=O) groups is 3. The Morgan fingerprint density at radius 2 is 1.89 bits per heavy atom. The number of hydrogen-bond acceptors (Lipinski definition) is 6. The van der Waals surface area contributed by atoms with Gasteiger partial charge in [-0.05, 0) is 65.7 Å². The van der Waals surface area contributed by atoms with E-state index in [1.807, 2.05) is 24.8 Å². The summed E-state index contributed by atoms with van der Waals surface area (Å²) in [5.41, 5.74) is 0. The minimum Gasteiger partial charge on any atom is -0.465 e. The lowest BCUT2D eigenvalue weighted by Crippen LogP contribution is -2.56. The van der Waals surface area contributed by atoms with Crippen LogP contribution in [0.15, 0.2) is 25.3 Å². The summed E-state index contributed by atoms with van der Waals surface area (Å²) < 4.78 is 4.71. The molecule has 7 nitrogen and oxygen atoms in total. The highest BCUT2D eigenvalue weighted by atomic mass is 32.2. The number of nitrogens with zero attached hydrogens (tertiary/aromatic N) is 2. The van der Waals surface area contributed by atoms with Crippen LogP contribution in [0.2, 0.25) is 0 Å². The van der Waals surface area contributed by atoms with Crippen molar-refractivity contribution in [3.63, 3.8) is 0 Å². The highest BCUT2D eigenvalue weighted by Crippen LogP contribution is 2.71. The summed E-state index contributed by atoms with van der Waals surface area (Å²) in [5.74, 6) is -1.50. The lowest BCUT2D eigenvalue weighted by molar-refractivity contribution is -0.155. The average molecular weight is 535 g/mol. The van der Waals surface area contributed by atoms with E-state index in [-0.39, 0.29) is 30.4 Å². The molecule has 2 unspecified atom stereocenters. The van der Waals surface area contributed by atoms with Crippen molar-refractivity contribution < 1.29 is 24.2 Å². The summed E-state index contributed by atoms with van der Waals surface area (Å²) in [4.78, 5) is 45.3. The van der Waals surface area contributed by atoms with Crippen LogP contribution in [0, 0.1) is 11.8 Å². The topological polar surface area (TPSA) is 87.1 Å². The molecule has 3 fully saturated rings. The molecule has 3 rings (SSSR count). The van der Waals surface area contributed by atoms with Crippen molar-refractivity contribution in [1.82, 2.24) is 9.80 Å². The van der Waals surface area contributed by atoms with Crippen LogP contribution in [0.4, 0.5) is 0 Å². The van der Waals surface area contributed by atoms with E-state index in [1.54, 1.807) is 22.7 Å². The Morgan fingerprint density at radius 3 is 2.54 bits per heavy atom. The number of esters is 1. The summed E-state index contributed by atoms with van der Waals surface area (Å²) in [5, 5.41) is 9.11. The van der Waals surface area contributed by atoms with Gasteiger partial charge in [-0.3, -0.25) is 14.4 Å². The van der Waals surface area contributed by atoms with E-state index in [2.05, 4.69) is 20.1 Å². The number of hydrogen-bond donors (Lipinski definition) is 1. The number of amides is 2. The Morgan fingerprint density at radius 1 is 1.16 bits per heavy atom. The fourth-order valence-corrected chi connectivity index (χ4v) is 8.89. The highest BCUT2D eigenvalue weighted by molar-refractivity contribution is 8.02. The van der Waals surface area contributed by atoms with Crippen molar-refractivity contribution in [3.8, 4) is 0 Å². The van der Waals surface area contributed by atoms with Gasteiger partial charge in [-0.1, -0.05) is 25.0 Å². The third-order valence-electron chi connectivity index (χ3n) is 8.35. The van der Waals surface area contributed by atoms with Crippen molar-refractivity contribution in [2.24, 2.45) is 11.8 Å². The van der Waals surface area contributed by atoms with E-state index in [0.29, 0.717) is 19.7 Å². The number of allylic oxidation sites excluding steroid dienone is 1. The number of aliphatic hydroxyl groups is 1. The SMILES string of the molecule is C=CCCCCOC(=O)[C@@H]1[C@H]2C(=O)N(CCCCCCO)C(C(=O)N(CC=C)C(C)C)C23CC[C@@]1(C)S3. The first-order valence-corrected chi connectivity index (χ1v) is 14.8. The zero-order valence-electron chi connectivity index (χ0n) is 23.0. The van der Waals surface area contributed by atoms with Gasteiger partial charge in [0.05, 0.1) is 23.2 Å². The number of fused-ring (bicyclic) bond motifs is 1. The zero-order chi connectivity index (χ0) is 27.2. The van der Waals surface area contributed by atoms with Gasteiger partial charge >= 0.3 is 5.97 Å². The average Bonchev–Trinajstić information content (AvgIpc) is 3.42. The van der Waals surface area contributed by atoms with E-state index in [0.717, 1.165) is 57.8 Å². The van der Waals surface area contributed by atoms with Crippen molar-refractivity contribution in [2.45, 2.75) is 100 Å². The molecule has 3 heterocycles. The summed E-state index contributed by atoms with van der Waals surface area (Å²) >= 11 is 1.69. The molecule has 0 aliphatic carbocycles. The molecule has 5 atom stereocenters. The van der Waals surface area contributed by atoms with Gasteiger partial charge in [0, 0.05) is 30.5 Å². The third kappa shape index (κ3) is 5.80. The van der Waals surface area contributed by atoms with Gasteiger partial charge in [-0.2, -0.15) is 0 Å². The lowest BCUT2D eigenvalue weighted by atomic mass is 9.66. The van der Waals surface area contributed by atoms with Crippen LogP contribution in [-0.2, 0) is 19.1 Å². The van der Waals surface area contributed by atoms with E-state index < -0.39 is 27.4 Å². The summed E-state index contributed by atoms with van der Waals surface area (Å²) in [6.07, 6.45) is 10.9. The van der Waals surface area contributed by atoms with Gasteiger partial charge < -0.3 is 19.6 Å². The summed E-state index contributed by atoms with van der Waals surface area (Å²) in [6.45, 7) is 15.0. The fourth-order valence-electron chi connectivity index (χ4n) is 6.56. The molecule has 0 radical (unpaired) electrons. The number of ether oxygens (including phenoxy) is 1. The maximum atomic E-state index is 14.2. The molecule has 208 valence electrons. The van der Waals surface area contributed by atoms with Crippen LogP contribution in [0.25, 0.3) is 0 Å². The van der Waals surface area contributed by atoms with Crippen LogP contribution < -0.4 is 0 Å². The van der Waals surface area contributed by atoms with Crippen molar-refractivity contribution in [2.75, 3.05) is 26.3 Å². The predicted molar refractivity (Wildman–Crippen MR) is 148 cm³/mol. The van der Waals surface area contributed by atoms with Crippen molar-refractivity contribution in [1.29, 1.82) is 0 Å². The standard InChI is InChI=1S/C29H46N2O5S/c1-6-8-9-14-20-36-27(35)23-22-25(33)31(18-12-10-11-13-19-32)24(26(34)30(17-7-2)21(3)4)29(22)16-15-28(23,5)37-29/h6-7,21-24,32H,1-2,8-20H2,3-5H3/t22-,23-,24?,28+,29?/m0/s1. The number of aliphatic hydroxyl groups excluding tert-OH is 1. The van der Waals surface area contributed by atoms with Gasteiger partial charge in [-0.15, -0.1) is 24.9 Å². The number of carbonyl (C=O) groups excluding carboxylic acids is 3. The second-order valence-corrected chi connectivity index (χ2v) is 13.1. The van der Waals surface area contributed by atoms with Gasteiger partial charge in [0.1, 0.15) is 6.04 Å². The molecule has 3 aliphatic rings. The summed E-state index contributed by atoms with van der Waals surface area (Å²) in [6, 6.07) is -0.625. The van der Waals surface area contributed by atoms with Crippen molar-refractivity contribution in [3.05, 3.63) is 25.3 Å². The normalized spacial score (nSPS) is 30.0. The Hall–Kier alpha value is -1.80. The smallest absolute Gasteiger partial charge is 0.311 e. The number of likely N-dealkylation sites (tertiary alicyclic amines) is 1. The van der Waals surface area contributed by atoms with Gasteiger partial charge in [-0.25, -0.2) is 0 Å². The molecular weight excluding hydrogens is 488 g/mol. The molecule has 1 N–H and O–H groups in total. The van der Waals surface area contributed by atoms with E-state index in [9.17, 15) is 14.4 Å². The molecule has 0 aromatic carbocycles. The second kappa shape index (κ2) is 12.8. The monoisotopic (exact) mass is 534 g/mol. The molecule has 3 aliphatic heterocycles. The van der Waals surface area contributed by atoms with E-state index in [1.165, 1.54) is 0 Å². The van der Waals surface area contributed by atoms with Crippen LogP contribution >= 0.6 is 11.8 Å². The Labute approximate surface area is 227 Å². The second-order valence-electron chi connectivity index (χ2n) is 11.2. The Bertz CT molecular complexity index is 863. The number of rotatable bonds is 16. The molecule has 0 saturated carbocycles. The minimum absolute atomic E-state index is 0.0297. The first-order valence-electron chi connectivity index (χ1n) is 14.0. The van der Waals surface area contributed by atoms with Crippen LogP contribution in [0.1, 0.15) is 78.6 Å². The molecule has 8 heteroatoms. The Kier molecular flexibility index (Phi) is 10.3. The van der Waals surface area contributed by atoms with Crippen molar-refractivity contribution >= 4 is 29.5 Å². The zero-order valence-corrected chi connectivity index (χ0v) is 23.8. The maximum absolute atomic E-state index is 14.2. The maximum Gasteiger partial charge on any atom is 0.311 e. The largest absolute Gasteiger partial charge is 0.465 e. The first-order chi connectivity index (χ1) is 17.7. The molecule has 37 heavy (non-hydrogen) atoms. The molecule has 2 bridgehead atoms. The number of thioether (sulfide) groups is 1. The predicted octanol–water partition coefficient (Wildman–Crippen LogP) is 4.34. The lowest BCUT2D eigenvalue weighted by Gasteiger charge is -2.38.